The smallest absolute Gasteiger partial charge is 0.345 e. The van der Waals surface area contributed by atoms with Crippen LogP contribution in [-0.2, 0) is 33.3 Å². The van der Waals surface area contributed by atoms with Gasteiger partial charge in [0, 0.05) is 25.2 Å². The van der Waals surface area contributed by atoms with Gasteiger partial charge < -0.3 is 52.1 Å². The van der Waals surface area contributed by atoms with E-state index in [1.165, 1.54) is 61.5 Å². The number of benzene rings is 5. The molecule has 1 unspecified atom stereocenters. The van der Waals surface area contributed by atoms with Gasteiger partial charge in [-0.1, -0.05) is 110 Å². The van der Waals surface area contributed by atoms with Gasteiger partial charge in [0.25, 0.3) is 0 Å². The molecule has 488 valence electrons. The lowest BCUT2D eigenvalue weighted by Crippen LogP contribution is -2.22. The van der Waals surface area contributed by atoms with Crippen LogP contribution < -0.4 is 33.2 Å². The predicted molar refractivity (Wildman–Crippen MR) is 344 cm³/mol. The number of rotatable bonds is 47. The first kappa shape index (κ1) is 72.6. The summed E-state index contributed by atoms with van der Waals surface area (Å²) in [6.45, 7) is 14.4. The third kappa shape index (κ3) is 30.3. The fourth-order valence-electron chi connectivity index (χ4n) is 9.10. The van der Waals surface area contributed by atoms with E-state index in [9.17, 15) is 33.6 Å². The molecule has 0 saturated carbocycles. The molecule has 0 amide bonds. The lowest BCUT2D eigenvalue weighted by molar-refractivity contribution is -0.138. The Kier molecular flexibility index (Phi) is 34.7. The van der Waals surface area contributed by atoms with Crippen molar-refractivity contribution in [1.29, 1.82) is 0 Å². The highest BCUT2D eigenvalue weighted by Crippen LogP contribution is 2.29. The summed E-state index contributed by atoms with van der Waals surface area (Å²) < 4.78 is 61.4. The monoisotopic (exact) mass is 1250 g/mol. The van der Waals surface area contributed by atoms with E-state index in [-0.39, 0.29) is 51.6 Å². The van der Waals surface area contributed by atoms with Crippen molar-refractivity contribution in [2.24, 2.45) is 0 Å². The average molecular weight is 1250 g/mol. The molecule has 0 aromatic heterocycles. The van der Waals surface area contributed by atoms with E-state index >= 15 is 0 Å². The van der Waals surface area contributed by atoms with Crippen LogP contribution in [0.5, 0.6) is 40.2 Å². The van der Waals surface area contributed by atoms with Gasteiger partial charge in [0.2, 0.25) is 6.29 Å². The molecule has 0 aliphatic heterocycles. The van der Waals surface area contributed by atoms with Crippen molar-refractivity contribution in [2.45, 2.75) is 154 Å². The van der Waals surface area contributed by atoms with Crippen LogP contribution in [0.25, 0.3) is 0 Å². The highest BCUT2D eigenvalue weighted by molar-refractivity contribution is 5.97. The Balaban J connectivity index is 1.11. The Morgan fingerprint density at radius 1 is 0.330 bits per heavy atom. The molecule has 1 atom stereocenters. The fourth-order valence-corrected chi connectivity index (χ4v) is 9.10. The average Bonchev–Trinajstić information content (AvgIpc) is 1.52. The van der Waals surface area contributed by atoms with Crippen LogP contribution in [0.15, 0.2) is 153 Å². The van der Waals surface area contributed by atoms with Crippen LogP contribution in [0, 0.1) is 0 Å². The number of carbonyl (C=O) groups is 7. The van der Waals surface area contributed by atoms with E-state index in [0.29, 0.717) is 62.5 Å². The SMILES string of the molecule is C=CC(=O)OCCCCCCCCCCCOc1ccc(C(=O)Oc2ccc(OC(=O)c3ccc(OCCCCCCCCCCCOC(=O)C=C)cc3)c(C(=O)OC(C)Oc3ccc(OC(=O)c4ccc(OCCCCCCOC(=O)C=C)cc4)cc3)c2)cc1. The predicted octanol–water partition coefficient (Wildman–Crippen LogP) is 15.8. The standard InChI is InChI=1S/C73H88O18/c1-5-67(74)84-51-27-20-16-12-8-10-14-18-24-48-81-60-38-32-57(33-39-60)71(78)90-64-46-47-66(91-72(79)58-34-40-61(41-35-58)82-49-25-19-15-11-9-13-17-21-28-52-85-68(75)6-2)65(54-64)73(80)88-55(4)87-62-42-44-63(45-43-62)89-70(77)56-30-36-59(37-31-56)83-50-26-22-23-29-53-86-69(76)7-3/h5-7,30-47,54-55H,1-3,8-29,48-53H2,4H3. The van der Waals surface area contributed by atoms with Crippen molar-refractivity contribution < 1.29 is 85.7 Å². The van der Waals surface area contributed by atoms with E-state index < -0.39 is 36.1 Å². The molecule has 91 heavy (non-hydrogen) atoms. The molecule has 0 aliphatic rings. The van der Waals surface area contributed by atoms with Gasteiger partial charge in [-0.15, -0.1) is 0 Å². The van der Waals surface area contributed by atoms with Crippen LogP contribution in [0.3, 0.4) is 0 Å². The first-order valence-corrected chi connectivity index (χ1v) is 31.7. The molecular formula is C73H88O18. The van der Waals surface area contributed by atoms with Gasteiger partial charge in [-0.2, -0.15) is 0 Å². The minimum absolute atomic E-state index is 0.0316. The molecule has 0 aliphatic carbocycles. The van der Waals surface area contributed by atoms with Crippen molar-refractivity contribution >= 4 is 41.8 Å². The number of hydrogen-bond acceptors (Lipinski definition) is 18. The Hall–Kier alpha value is -9.19. The molecule has 0 radical (unpaired) electrons. The second-order valence-corrected chi connectivity index (χ2v) is 21.4. The third-order valence-electron chi connectivity index (χ3n) is 14.1. The van der Waals surface area contributed by atoms with E-state index in [4.69, 9.17) is 52.1 Å². The van der Waals surface area contributed by atoms with Gasteiger partial charge in [-0.3, -0.25) is 0 Å². The molecule has 18 nitrogen and oxygen atoms in total. The number of hydrogen-bond donors (Lipinski definition) is 0. The molecule has 0 fully saturated rings. The van der Waals surface area contributed by atoms with Crippen molar-refractivity contribution in [3.05, 3.63) is 175 Å². The number of unbranched alkanes of at least 4 members (excludes halogenated alkanes) is 19. The molecule has 0 N–H and O–H groups in total. The van der Waals surface area contributed by atoms with Gasteiger partial charge in [-0.25, -0.2) is 33.6 Å². The normalized spacial score (nSPS) is 11.0. The van der Waals surface area contributed by atoms with E-state index in [1.807, 2.05) is 0 Å². The number of ether oxygens (including phenoxy) is 11. The Morgan fingerprint density at radius 2 is 0.615 bits per heavy atom. The molecular weight excluding hydrogens is 1160 g/mol. The van der Waals surface area contributed by atoms with Crippen LogP contribution in [0.2, 0.25) is 0 Å². The maximum atomic E-state index is 14.0. The van der Waals surface area contributed by atoms with Crippen LogP contribution in [0.4, 0.5) is 0 Å². The molecule has 5 aromatic carbocycles. The van der Waals surface area contributed by atoms with Gasteiger partial charge in [-0.05, 0) is 167 Å². The van der Waals surface area contributed by atoms with Crippen molar-refractivity contribution in [1.82, 2.24) is 0 Å². The van der Waals surface area contributed by atoms with Crippen LogP contribution >= 0.6 is 0 Å². The molecule has 0 bridgehead atoms. The summed E-state index contributed by atoms with van der Waals surface area (Å²) in [5.74, 6) is -2.14. The van der Waals surface area contributed by atoms with Gasteiger partial charge >= 0.3 is 41.8 Å². The summed E-state index contributed by atoms with van der Waals surface area (Å²) in [6, 6.07) is 29.7. The lowest BCUT2D eigenvalue weighted by atomic mass is 10.1. The van der Waals surface area contributed by atoms with Crippen LogP contribution in [0.1, 0.15) is 190 Å². The highest BCUT2D eigenvalue weighted by Gasteiger charge is 2.23. The molecule has 5 rings (SSSR count). The topological polar surface area (TPSA) is 221 Å². The second-order valence-electron chi connectivity index (χ2n) is 21.4. The Bertz CT molecular complexity index is 3020. The minimum atomic E-state index is -1.20. The van der Waals surface area contributed by atoms with E-state index in [1.54, 1.807) is 72.8 Å². The van der Waals surface area contributed by atoms with E-state index in [2.05, 4.69) is 19.7 Å². The van der Waals surface area contributed by atoms with Crippen LogP contribution in [-0.4, -0.2) is 87.7 Å². The summed E-state index contributed by atoms with van der Waals surface area (Å²) in [7, 11) is 0. The van der Waals surface area contributed by atoms with Crippen molar-refractivity contribution in [3.63, 3.8) is 0 Å². The third-order valence-corrected chi connectivity index (χ3v) is 14.1. The molecule has 5 aromatic rings. The second kappa shape index (κ2) is 43.5. The Morgan fingerprint density at radius 3 is 0.967 bits per heavy atom. The fraction of sp³-hybridized carbons (Fsp3) is 0.411. The summed E-state index contributed by atoms with van der Waals surface area (Å²) in [5, 5.41) is 0. The van der Waals surface area contributed by atoms with Crippen molar-refractivity contribution in [2.75, 3.05) is 39.6 Å². The molecule has 0 saturated heterocycles. The van der Waals surface area contributed by atoms with Gasteiger partial charge in [0.15, 0.2) is 0 Å². The minimum Gasteiger partial charge on any atom is -0.494 e. The maximum Gasteiger partial charge on any atom is 0.345 e. The van der Waals surface area contributed by atoms with Gasteiger partial charge in [0.05, 0.1) is 56.3 Å². The quantitative estimate of drug-likeness (QED) is 0.00882. The van der Waals surface area contributed by atoms with Crippen molar-refractivity contribution in [3.8, 4) is 40.2 Å². The molecule has 18 heteroatoms. The molecule has 0 heterocycles. The first-order valence-electron chi connectivity index (χ1n) is 31.7. The van der Waals surface area contributed by atoms with E-state index in [0.717, 1.165) is 147 Å². The summed E-state index contributed by atoms with van der Waals surface area (Å²) in [6.07, 6.45) is 24.5. The summed E-state index contributed by atoms with van der Waals surface area (Å²) in [4.78, 5) is 87.5. The Labute approximate surface area is 535 Å². The zero-order chi connectivity index (χ0) is 65.1. The number of esters is 7. The largest absolute Gasteiger partial charge is 0.494 e. The zero-order valence-corrected chi connectivity index (χ0v) is 52.5. The van der Waals surface area contributed by atoms with Gasteiger partial charge in [0.1, 0.15) is 45.8 Å². The highest BCUT2D eigenvalue weighted by atomic mass is 16.7. The zero-order valence-electron chi connectivity index (χ0n) is 52.5. The summed E-state index contributed by atoms with van der Waals surface area (Å²) in [5.41, 5.74) is 0.484. The number of carbonyl (C=O) groups excluding carboxylic acids is 7. The lowest BCUT2D eigenvalue weighted by Gasteiger charge is -2.17. The summed E-state index contributed by atoms with van der Waals surface area (Å²) >= 11 is 0. The first-order chi connectivity index (χ1) is 44.3. The molecule has 0 spiro atoms. The maximum absolute atomic E-state index is 14.0.